The van der Waals surface area contributed by atoms with E-state index < -0.39 is 10.0 Å². The summed E-state index contributed by atoms with van der Waals surface area (Å²) >= 11 is 1.21. The summed E-state index contributed by atoms with van der Waals surface area (Å²) in [6, 6.07) is 3.70. The standard InChI is InChI=1S/C20H33N3O4S2/c1-16(2)13-17(22-9-11-27-12-10-22)15-21-19(24)14-18-5-6-20(28-18)29(25,26)23-7-3-4-8-23/h5-6,16-17H,3-4,7-15H2,1-2H3,(H,21,24). The Morgan fingerprint density at radius 3 is 2.52 bits per heavy atom. The minimum atomic E-state index is -3.41. The van der Waals surface area contributed by atoms with Gasteiger partial charge in [0, 0.05) is 43.6 Å². The molecule has 0 radical (unpaired) electrons. The molecule has 9 heteroatoms. The number of morpholine rings is 1. The van der Waals surface area contributed by atoms with Gasteiger partial charge in [-0.3, -0.25) is 9.69 Å². The number of hydrogen-bond acceptors (Lipinski definition) is 6. The highest BCUT2D eigenvalue weighted by atomic mass is 32.2. The maximum atomic E-state index is 12.6. The lowest BCUT2D eigenvalue weighted by atomic mass is 10.0. The van der Waals surface area contributed by atoms with Gasteiger partial charge < -0.3 is 10.1 Å². The molecule has 1 aromatic heterocycles. The van der Waals surface area contributed by atoms with Crippen molar-refractivity contribution in [3.8, 4) is 0 Å². The van der Waals surface area contributed by atoms with Crippen molar-refractivity contribution >= 4 is 27.3 Å². The Labute approximate surface area is 178 Å². The first-order chi connectivity index (χ1) is 13.9. The smallest absolute Gasteiger partial charge is 0.252 e. The Morgan fingerprint density at radius 1 is 1.17 bits per heavy atom. The number of carbonyl (C=O) groups is 1. The molecule has 1 aromatic rings. The Hall–Kier alpha value is -1.00. The maximum Gasteiger partial charge on any atom is 0.252 e. The summed E-state index contributed by atoms with van der Waals surface area (Å²) in [7, 11) is -3.41. The normalized spacial score (nSPS) is 20.2. The van der Waals surface area contributed by atoms with Gasteiger partial charge in [0.1, 0.15) is 4.21 Å². The number of hydrogen-bond donors (Lipinski definition) is 1. The first-order valence-electron chi connectivity index (χ1n) is 10.5. The number of sulfonamides is 1. The van der Waals surface area contributed by atoms with Gasteiger partial charge in [-0.15, -0.1) is 11.3 Å². The van der Waals surface area contributed by atoms with Gasteiger partial charge in [0.2, 0.25) is 5.91 Å². The van der Waals surface area contributed by atoms with Gasteiger partial charge in [-0.1, -0.05) is 13.8 Å². The van der Waals surface area contributed by atoms with Crippen LogP contribution in [0.3, 0.4) is 0 Å². The number of thiophene rings is 1. The molecule has 3 rings (SSSR count). The molecule has 7 nitrogen and oxygen atoms in total. The monoisotopic (exact) mass is 443 g/mol. The van der Waals surface area contributed by atoms with Crippen LogP contribution in [0.5, 0.6) is 0 Å². The molecule has 0 aliphatic carbocycles. The maximum absolute atomic E-state index is 12.6. The SMILES string of the molecule is CC(C)CC(CNC(=O)Cc1ccc(S(=O)(=O)N2CCCC2)s1)N1CCOCC1. The number of rotatable bonds is 9. The highest BCUT2D eigenvalue weighted by Gasteiger charge is 2.29. The summed E-state index contributed by atoms with van der Waals surface area (Å²) in [6.45, 7) is 9.47. The van der Waals surface area contributed by atoms with Crippen LogP contribution in [0.2, 0.25) is 0 Å². The Balaban J connectivity index is 1.54. The van der Waals surface area contributed by atoms with Crippen molar-refractivity contribution in [2.24, 2.45) is 5.92 Å². The highest BCUT2D eigenvalue weighted by Crippen LogP contribution is 2.27. The zero-order valence-corrected chi connectivity index (χ0v) is 19.1. The molecule has 1 amide bonds. The largest absolute Gasteiger partial charge is 0.379 e. The van der Waals surface area contributed by atoms with Crippen molar-refractivity contribution in [2.75, 3.05) is 45.9 Å². The van der Waals surface area contributed by atoms with Crippen molar-refractivity contribution < 1.29 is 17.9 Å². The molecule has 2 aliphatic heterocycles. The number of nitrogens with zero attached hydrogens (tertiary/aromatic N) is 2. The molecule has 164 valence electrons. The zero-order chi connectivity index (χ0) is 20.9. The first-order valence-corrected chi connectivity index (χ1v) is 12.8. The van der Waals surface area contributed by atoms with E-state index in [1.165, 1.54) is 11.3 Å². The van der Waals surface area contributed by atoms with E-state index in [2.05, 4.69) is 24.1 Å². The van der Waals surface area contributed by atoms with Gasteiger partial charge in [0.25, 0.3) is 10.0 Å². The van der Waals surface area contributed by atoms with E-state index >= 15 is 0 Å². The van der Waals surface area contributed by atoms with E-state index in [1.54, 1.807) is 16.4 Å². The third-order valence-corrected chi connectivity index (χ3v) is 8.92. The lowest BCUT2D eigenvalue weighted by Crippen LogP contribution is -2.49. The van der Waals surface area contributed by atoms with Crippen molar-refractivity contribution in [1.82, 2.24) is 14.5 Å². The second-order valence-corrected chi connectivity index (χ2v) is 11.6. The summed E-state index contributed by atoms with van der Waals surface area (Å²) < 4.78 is 32.6. The predicted molar refractivity (Wildman–Crippen MR) is 115 cm³/mol. The molecule has 0 bridgehead atoms. The van der Waals surface area contributed by atoms with Gasteiger partial charge in [-0.2, -0.15) is 4.31 Å². The van der Waals surface area contributed by atoms with E-state index in [4.69, 9.17) is 4.74 Å². The lowest BCUT2D eigenvalue weighted by molar-refractivity contribution is -0.120. The molecule has 3 heterocycles. The van der Waals surface area contributed by atoms with Crippen LogP contribution >= 0.6 is 11.3 Å². The van der Waals surface area contributed by atoms with Gasteiger partial charge in [0.05, 0.1) is 19.6 Å². The third-order valence-electron chi connectivity index (χ3n) is 5.47. The number of amides is 1. The minimum absolute atomic E-state index is 0.0565. The molecule has 2 aliphatic rings. The number of nitrogens with one attached hydrogen (secondary N) is 1. The highest BCUT2D eigenvalue weighted by molar-refractivity contribution is 7.91. The van der Waals surface area contributed by atoms with E-state index in [-0.39, 0.29) is 12.3 Å². The molecule has 2 fully saturated rings. The molecule has 0 spiro atoms. The predicted octanol–water partition coefficient (Wildman–Crippen LogP) is 1.94. The summed E-state index contributed by atoms with van der Waals surface area (Å²) in [5.74, 6) is 0.495. The van der Waals surface area contributed by atoms with Crippen LogP contribution in [0.15, 0.2) is 16.3 Å². The fraction of sp³-hybridized carbons (Fsp3) is 0.750. The zero-order valence-electron chi connectivity index (χ0n) is 17.4. The Morgan fingerprint density at radius 2 is 1.86 bits per heavy atom. The van der Waals surface area contributed by atoms with E-state index in [9.17, 15) is 13.2 Å². The van der Waals surface area contributed by atoms with E-state index in [1.807, 2.05) is 0 Å². The quantitative estimate of drug-likeness (QED) is 0.631. The average molecular weight is 444 g/mol. The van der Waals surface area contributed by atoms with Crippen LogP contribution in [-0.4, -0.2) is 75.5 Å². The molecule has 0 aromatic carbocycles. The first kappa shape index (κ1) is 22.7. The number of ether oxygens (including phenoxy) is 1. The molecule has 0 saturated carbocycles. The molecule has 1 unspecified atom stereocenters. The second-order valence-electron chi connectivity index (χ2n) is 8.24. The van der Waals surface area contributed by atoms with E-state index in [0.717, 1.165) is 50.4 Å². The molecular weight excluding hydrogens is 410 g/mol. The second kappa shape index (κ2) is 10.3. The summed E-state index contributed by atoms with van der Waals surface area (Å²) in [5.41, 5.74) is 0. The molecular formula is C20H33N3O4S2. The van der Waals surface area contributed by atoms with E-state index in [0.29, 0.717) is 35.8 Å². The van der Waals surface area contributed by atoms with Crippen LogP contribution in [0.1, 0.15) is 38.0 Å². The molecule has 1 atom stereocenters. The Kier molecular flexibility index (Phi) is 8.09. The van der Waals surface area contributed by atoms with Crippen LogP contribution in [-0.2, 0) is 26.0 Å². The van der Waals surface area contributed by atoms with Gasteiger partial charge >= 0.3 is 0 Å². The number of carbonyl (C=O) groups excluding carboxylic acids is 1. The van der Waals surface area contributed by atoms with Gasteiger partial charge in [0.15, 0.2) is 0 Å². The van der Waals surface area contributed by atoms with Crippen molar-refractivity contribution in [3.05, 3.63) is 17.0 Å². The molecule has 1 N–H and O–H groups in total. The lowest BCUT2D eigenvalue weighted by Gasteiger charge is -2.35. The minimum Gasteiger partial charge on any atom is -0.379 e. The van der Waals surface area contributed by atoms with Crippen LogP contribution < -0.4 is 5.32 Å². The third kappa shape index (κ3) is 6.24. The average Bonchev–Trinajstić information content (AvgIpc) is 3.38. The van der Waals surface area contributed by atoms with Gasteiger partial charge in [-0.25, -0.2) is 8.42 Å². The van der Waals surface area contributed by atoms with Crippen molar-refractivity contribution in [2.45, 2.75) is 49.8 Å². The van der Waals surface area contributed by atoms with Crippen LogP contribution in [0, 0.1) is 5.92 Å². The van der Waals surface area contributed by atoms with Crippen molar-refractivity contribution in [1.29, 1.82) is 0 Å². The molecule has 29 heavy (non-hydrogen) atoms. The van der Waals surface area contributed by atoms with Crippen molar-refractivity contribution in [3.63, 3.8) is 0 Å². The Bertz CT molecular complexity index is 766. The topological polar surface area (TPSA) is 79.0 Å². The fourth-order valence-corrected chi connectivity index (χ4v) is 6.97. The van der Waals surface area contributed by atoms with Crippen LogP contribution in [0.4, 0.5) is 0 Å². The summed E-state index contributed by atoms with van der Waals surface area (Å²) in [4.78, 5) is 15.7. The molecule has 2 saturated heterocycles. The van der Waals surface area contributed by atoms with Gasteiger partial charge in [-0.05, 0) is 37.3 Å². The fourth-order valence-electron chi connectivity index (χ4n) is 3.95. The summed E-state index contributed by atoms with van der Waals surface area (Å²) in [5, 5.41) is 3.06. The summed E-state index contributed by atoms with van der Waals surface area (Å²) in [6.07, 6.45) is 3.08. The van der Waals surface area contributed by atoms with Crippen LogP contribution in [0.25, 0.3) is 0 Å².